The number of piperidine rings is 1. The molecular weight excluding hydrogens is 751 g/mol. The molecule has 0 aromatic heterocycles. The van der Waals surface area contributed by atoms with E-state index >= 15 is 4.39 Å². The molecule has 14 nitrogen and oxygen atoms in total. The summed E-state index contributed by atoms with van der Waals surface area (Å²) in [6.45, 7) is 2.73. The van der Waals surface area contributed by atoms with Crippen molar-refractivity contribution in [1.82, 2.24) is 15.5 Å². The van der Waals surface area contributed by atoms with E-state index in [2.05, 4.69) is 10.6 Å². The highest BCUT2D eigenvalue weighted by atomic mass is 35.5. The zero-order chi connectivity index (χ0) is 39.0. The Kier molecular flexibility index (Phi) is 16.7. The first-order chi connectivity index (χ1) is 26.6. The van der Waals surface area contributed by atoms with E-state index in [4.69, 9.17) is 23.7 Å². The van der Waals surface area contributed by atoms with Crippen LogP contribution >= 0.6 is 12.4 Å². The third-order valence-corrected chi connectivity index (χ3v) is 9.13. The number of ether oxygens (including phenoxy) is 5. The first kappa shape index (κ1) is 43.3. The minimum absolute atomic E-state index is 0. The second-order valence-electron chi connectivity index (χ2n) is 13.4. The molecule has 2 fully saturated rings. The van der Waals surface area contributed by atoms with Gasteiger partial charge in [0.05, 0.1) is 18.8 Å². The Bertz CT molecular complexity index is 1710. The van der Waals surface area contributed by atoms with E-state index < -0.39 is 41.8 Å². The van der Waals surface area contributed by atoms with Crippen LogP contribution in [-0.4, -0.2) is 86.1 Å². The number of hydrogen-bond donors (Lipinski definition) is 2. The lowest BCUT2D eigenvalue weighted by Crippen LogP contribution is -2.49. The molecule has 56 heavy (non-hydrogen) atoms. The van der Waals surface area contributed by atoms with E-state index in [0.29, 0.717) is 45.2 Å². The highest BCUT2D eigenvalue weighted by Crippen LogP contribution is 2.30. The molecule has 0 unspecified atom stereocenters. The van der Waals surface area contributed by atoms with Crippen LogP contribution in [0.25, 0.3) is 0 Å². The Morgan fingerprint density at radius 3 is 2.12 bits per heavy atom. The Balaban J connectivity index is 0.00000696. The zero-order valence-corrected chi connectivity index (χ0v) is 32.1. The van der Waals surface area contributed by atoms with Gasteiger partial charge in [0, 0.05) is 38.8 Å². The topological polar surface area (TPSA) is 162 Å². The number of cyclic esters (lactones) is 1. The van der Waals surface area contributed by atoms with Gasteiger partial charge in [-0.1, -0.05) is 67.1 Å². The first-order valence-electron chi connectivity index (χ1n) is 18.4. The first-order valence-corrected chi connectivity index (χ1v) is 18.4. The lowest BCUT2D eigenvalue weighted by atomic mass is 9.93. The van der Waals surface area contributed by atoms with E-state index in [1.165, 1.54) is 30.0 Å². The number of carbonyl (C=O) groups excluding carboxylic acids is 5. The van der Waals surface area contributed by atoms with Gasteiger partial charge < -0.3 is 34.3 Å². The van der Waals surface area contributed by atoms with Crippen LogP contribution in [0.3, 0.4) is 0 Å². The fourth-order valence-electron chi connectivity index (χ4n) is 6.10. The predicted octanol–water partition coefficient (Wildman–Crippen LogP) is 6.29. The second-order valence-corrected chi connectivity index (χ2v) is 13.4. The standard InChI is InChI=1S/C40H47FN4O10.ClH/c1-29(46)43-24-33-25-45(39(50)54-33)32-16-17-35(34(41)23-32)53-28-40(18-20-42-21-19-40)55-36(47)15-9-4-10-22-44(37(48)51-26-30-11-5-2-6-12-30)38(49)52-27-31-13-7-3-8-14-31;/h2-3,5-8,11-14,16-17,23,33,42H,4,9-10,15,18-22,24-28H2,1H3,(H,43,46);1H/t33-;/m0./s1. The normalized spacial score (nSPS) is 15.8. The van der Waals surface area contributed by atoms with Gasteiger partial charge in [0.1, 0.15) is 31.5 Å². The average molecular weight is 799 g/mol. The number of unbranched alkanes of at least 4 members (excludes halogenated alkanes) is 2. The Hall–Kier alpha value is -5.41. The van der Waals surface area contributed by atoms with Crippen molar-refractivity contribution in [1.29, 1.82) is 0 Å². The Morgan fingerprint density at radius 1 is 0.911 bits per heavy atom. The largest absolute Gasteiger partial charge is 0.486 e. The molecule has 1 atom stereocenters. The summed E-state index contributed by atoms with van der Waals surface area (Å²) in [5, 5.41) is 5.84. The number of anilines is 1. The molecular formula is C40H48ClFN4O10. The van der Waals surface area contributed by atoms with Gasteiger partial charge >= 0.3 is 24.2 Å². The molecule has 16 heteroatoms. The van der Waals surface area contributed by atoms with Crippen molar-refractivity contribution >= 4 is 48.3 Å². The number of carbonyl (C=O) groups is 5. The van der Waals surface area contributed by atoms with Gasteiger partial charge in [0.15, 0.2) is 11.6 Å². The maximum absolute atomic E-state index is 15.2. The van der Waals surface area contributed by atoms with Crippen molar-refractivity contribution in [3.05, 3.63) is 95.8 Å². The summed E-state index contributed by atoms with van der Waals surface area (Å²) in [5.41, 5.74) is 0.838. The summed E-state index contributed by atoms with van der Waals surface area (Å²) in [4.78, 5) is 64.8. The highest BCUT2D eigenvalue weighted by molar-refractivity contribution is 5.90. The summed E-state index contributed by atoms with van der Waals surface area (Å²) in [5.74, 6) is -1.46. The summed E-state index contributed by atoms with van der Waals surface area (Å²) >= 11 is 0. The third kappa shape index (κ3) is 13.1. The molecule has 2 saturated heterocycles. The quantitative estimate of drug-likeness (QED) is 0.0897. The molecule has 0 bridgehead atoms. The Labute approximate surface area is 331 Å². The molecule has 3 aromatic carbocycles. The van der Waals surface area contributed by atoms with Crippen molar-refractivity contribution in [2.24, 2.45) is 0 Å². The molecule has 2 aliphatic rings. The fraction of sp³-hybridized carbons (Fsp3) is 0.425. The van der Waals surface area contributed by atoms with Crippen LogP contribution in [0.2, 0.25) is 0 Å². The number of nitrogens with one attached hydrogen (secondary N) is 2. The Morgan fingerprint density at radius 2 is 1.54 bits per heavy atom. The number of hydrogen-bond acceptors (Lipinski definition) is 11. The molecule has 4 amide bonds. The van der Waals surface area contributed by atoms with Crippen LogP contribution in [-0.2, 0) is 41.8 Å². The molecule has 2 heterocycles. The second kappa shape index (κ2) is 21.6. The molecule has 0 saturated carbocycles. The van der Waals surface area contributed by atoms with E-state index in [0.717, 1.165) is 16.0 Å². The molecule has 5 rings (SSSR count). The van der Waals surface area contributed by atoms with Crippen molar-refractivity contribution in [3.8, 4) is 5.75 Å². The van der Waals surface area contributed by atoms with Crippen LogP contribution < -0.4 is 20.3 Å². The van der Waals surface area contributed by atoms with Gasteiger partial charge in [-0.05, 0) is 49.2 Å². The van der Waals surface area contributed by atoms with Crippen molar-refractivity contribution in [2.45, 2.75) is 70.4 Å². The number of esters is 1. The van der Waals surface area contributed by atoms with Crippen LogP contribution in [0, 0.1) is 5.82 Å². The summed E-state index contributed by atoms with van der Waals surface area (Å²) < 4.78 is 43.1. The number of imide groups is 1. The molecule has 0 aliphatic carbocycles. The van der Waals surface area contributed by atoms with E-state index in [9.17, 15) is 24.0 Å². The maximum Gasteiger partial charge on any atom is 0.419 e. The predicted molar refractivity (Wildman–Crippen MR) is 205 cm³/mol. The number of rotatable bonds is 17. The van der Waals surface area contributed by atoms with Gasteiger partial charge in [-0.15, -0.1) is 12.4 Å². The monoisotopic (exact) mass is 798 g/mol. The maximum atomic E-state index is 15.2. The van der Waals surface area contributed by atoms with Crippen LogP contribution in [0.1, 0.15) is 56.6 Å². The van der Waals surface area contributed by atoms with Gasteiger partial charge in [0.2, 0.25) is 5.91 Å². The average Bonchev–Trinajstić information content (AvgIpc) is 3.57. The highest BCUT2D eigenvalue weighted by Gasteiger charge is 2.38. The third-order valence-electron chi connectivity index (χ3n) is 9.13. The van der Waals surface area contributed by atoms with Gasteiger partial charge in [-0.2, -0.15) is 0 Å². The number of amides is 4. The molecule has 0 radical (unpaired) electrons. The zero-order valence-electron chi connectivity index (χ0n) is 31.2. The van der Waals surface area contributed by atoms with Gasteiger partial charge in [-0.25, -0.2) is 23.7 Å². The summed E-state index contributed by atoms with van der Waals surface area (Å²) in [6, 6.07) is 22.3. The van der Waals surface area contributed by atoms with Gasteiger partial charge in [0.25, 0.3) is 0 Å². The van der Waals surface area contributed by atoms with E-state index in [1.807, 2.05) is 60.7 Å². The van der Waals surface area contributed by atoms with Crippen LogP contribution in [0.4, 0.5) is 24.5 Å². The van der Waals surface area contributed by atoms with Crippen LogP contribution in [0.5, 0.6) is 5.75 Å². The molecule has 2 N–H and O–H groups in total. The van der Waals surface area contributed by atoms with Crippen molar-refractivity contribution in [3.63, 3.8) is 0 Å². The molecule has 0 spiro atoms. The number of nitrogens with zero attached hydrogens (tertiary/aromatic N) is 2. The number of benzene rings is 3. The summed E-state index contributed by atoms with van der Waals surface area (Å²) in [7, 11) is 0. The summed E-state index contributed by atoms with van der Waals surface area (Å²) in [6.07, 6.45) is -0.538. The minimum atomic E-state index is -0.981. The SMILES string of the molecule is CC(=O)NC[C@H]1CN(c2ccc(OCC3(OC(=O)CCCCCN(C(=O)OCc4ccccc4)C(=O)OCc4ccccc4)CCNCC3)c(F)c2)C(=O)O1.Cl. The molecule has 2 aliphatic heterocycles. The minimum Gasteiger partial charge on any atom is -0.486 e. The van der Waals surface area contributed by atoms with Crippen molar-refractivity contribution in [2.75, 3.05) is 44.2 Å². The van der Waals surface area contributed by atoms with E-state index in [-0.39, 0.29) is 75.6 Å². The van der Waals surface area contributed by atoms with Crippen molar-refractivity contribution < 1.29 is 52.0 Å². The lowest BCUT2D eigenvalue weighted by molar-refractivity contribution is -0.166. The smallest absolute Gasteiger partial charge is 0.419 e. The molecule has 302 valence electrons. The molecule has 3 aromatic rings. The fourth-order valence-corrected chi connectivity index (χ4v) is 6.10. The number of halogens is 2. The van der Waals surface area contributed by atoms with Gasteiger partial charge in [-0.3, -0.25) is 14.5 Å². The van der Waals surface area contributed by atoms with E-state index in [1.54, 1.807) is 0 Å². The lowest BCUT2D eigenvalue weighted by Gasteiger charge is -2.36. The van der Waals surface area contributed by atoms with Crippen LogP contribution in [0.15, 0.2) is 78.9 Å².